The topological polar surface area (TPSA) is 87.1 Å². The number of para-hydroxylation sites is 1. The van der Waals surface area contributed by atoms with E-state index in [-0.39, 0.29) is 18.6 Å². The van der Waals surface area contributed by atoms with Crippen molar-refractivity contribution in [1.82, 2.24) is 9.13 Å². The third kappa shape index (κ3) is 2.99. The summed E-state index contributed by atoms with van der Waals surface area (Å²) in [6.45, 7) is -0.0176. The Hall–Kier alpha value is -3.15. The highest BCUT2D eigenvalue weighted by molar-refractivity contribution is 5.80. The minimum atomic E-state index is -0.629. The molecule has 2 aromatic carbocycles. The minimum absolute atomic E-state index is 0.241. The second-order valence-corrected chi connectivity index (χ2v) is 5.54. The van der Waals surface area contributed by atoms with Crippen LogP contribution in [-0.4, -0.2) is 15.0 Å². The Morgan fingerprint density at radius 1 is 0.917 bits per heavy atom. The lowest BCUT2D eigenvalue weighted by Gasteiger charge is -2.13. The van der Waals surface area contributed by atoms with E-state index in [1.807, 2.05) is 30.3 Å². The largest absolute Gasteiger partial charge is 0.368 e. The van der Waals surface area contributed by atoms with Crippen LogP contribution in [0, 0.1) is 0 Å². The van der Waals surface area contributed by atoms with E-state index >= 15 is 0 Å². The van der Waals surface area contributed by atoms with Crippen molar-refractivity contribution >= 4 is 16.8 Å². The van der Waals surface area contributed by atoms with E-state index in [1.165, 1.54) is 4.57 Å². The Morgan fingerprint density at radius 2 is 1.58 bits per heavy atom. The fourth-order valence-electron chi connectivity index (χ4n) is 2.76. The molecule has 0 unspecified atom stereocenters. The number of hydrogen-bond donors (Lipinski definition) is 1. The highest BCUT2D eigenvalue weighted by Gasteiger charge is 2.14. The summed E-state index contributed by atoms with van der Waals surface area (Å²) in [7, 11) is 0. The highest BCUT2D eigenvalue weighted by Crippen LogP contribution is 2.08. The van der Waals surface area contributed by atoms with Crippen molar-refractivity contribution in [2.75, 3.05) is 0 Å². The predicted octanol–water partition coefficient (Wildman–Crippen LogP) is 0.891. The molecule has 6 nitrogen and oxygen atoms in total. The van der Waals surface area contributed by atoms with Crippen molar-refractivity contribution in [3.05, 3.63) is 81.0 Å². The van der Waals surface area contributed by atoms with Crippen molar-refractivity contribution < 1.29 is 4.79 Å². The summed E-state index contributed by atoms with van der Waals surface area (Å²) in [6.07, 6.45) is 0.547. The monoisotopic (exact) mass is 323 g/mol. The summed E-state index contributed by atoms with van der Waals surface area (Å²) in [4.78, 5) is 36.6. The van der Waals surface area contributed by atoms with Crippen molar-refractivity contribution in [2.24, 2.45) is 5.73 Å². The van der Waals surface area contributed by atoms with Crippen LogP contribution < -0.4 is 17.0 Å². The zero-order valence-electron chi connectivity index (χ0n) is 13.0. The molecule has 2 N–H and O–H groups in total. The molecule has 1 heterocycles. The van der Waals surface area contributed by atoms with Gasteiger partial charge in [0.15, 0.2) is 0 Å². The molecule has 3 aromatic rings. The second kappa shape index (κ2) is 6.54. The SMILES string of the molecule is NC(=O)Cn1c(=O)n(CCc2ccccc2)c(=O)c2ccccc21. The van der Waals surface area contributed by atoms with Crippen molar-refractivity contribution in [3.8, 4) is 0 Å². The first-order chi connectivity index (χ1) is 11.6. The van der Waals surface area contributed by atoms with E-state index in [4.69, 9.17) is 5.73 Å². The van der Waals surface area contributed by atoms with Crippen LogP contribution in [0.5, 0.6) is 0 Å². The molecule has 0 fully saturated rings. The summed E-state index contributed by atoms with van der Waals surface area (Å²) in [5.74, 6) is -0.629. The molecule has 24 heavy (non-hydrogen) atoms. The van der Waals surface area contributed by atoms with Gasteiger partial charge in [0, 0.05) is 6.54 Å². The molecule has 1 amide bonds. The van der Waals surface area contributed by atoms with Crippen LogP contribution in [0.1, 0.15) is 5.56 Å². The molecule has 0 aliphatic rings. The maximum atomic E-state index is 12.7. The van der Waals surface area contributed by atoms with Crippen LogP contribution in [0.2, 0.25) is 0 Å². The molecule has 1 aromatic heterocycles. The van der Waals surface area contributed by atoms with Gasteiger partial charge in [-0.25, -0.2) is 4.79 Å². The number of carbonyl (C=O) groups excluding carboxylic acids is 1. The summed E-state index contributed by atoms with van der Waals surface area (Å²) >= 11 is 0. The molecular formula is C18H17N3O3. The number of hydrogen-bond acceptors (Lipinski definition) is 3. The molecule has 6 heteroatoms. The first-order valence-corrected chi connectivity index (χ1v) is 7.62. The van der Waals surface area contributed by atoms with Gasteiger partial charge in [-0.05, 0) is 24.1 Å². The van der Waals surface area contributed by atoms with Gasteiger partial charge in [0.05, 0.1) is 10.9 Å². The number of amides is 1. The van der Waals surface area contributed by atoms with Crippen molar-refractivity contribution in [3.63, 3.8) is 0 Å². The number of benzene rings is 2. The first kappa shape index (κ1) is 15.7. The number of aryl methyl sites for hydroxylation is 1. The van der Waals surface area contributed by atoms with Gasteiger partial charge in [-0.3, -0.25) is 18.7 Å². The third-order valence-electron chi connectivity index (χ3n) is 3.91. The van der Waals surface area contributed by atoms with E-state index in [0.717, 1.165) is 10.1 Å². The number of nitrogens with zero attached hydrogens (tertiary/aromatic N) is 2. The lowest BCUT2D eigenvalue weighted by molar-refractivity contribution is -0.118. The van der Waals surface area contributed by atoms with Crippen molar-refractivity contribution in [1.29, 1.82) is 0 Å². The zero-order valence-corrected chi connectivity index (χ0v) is 13.0. The highest BCUT2D eigenvalue weighted by atomic mass is 16.2. The maximum Gasteiger partial charge on any atom is 0.331 e. The average molecular weight is 323 g/mol. The quantitative estimate of drug-likeness (QED) is 0.756. The van der Waals surface area contributed by atoms with Gasteiger partial charge >= 0.3 is 5.69 Å². The average Bonchev–Trinajstić information content (AvgIpc) is 2.59. The third-order valence-corrected chi connectivity index (χ3v) is 3.91. The van der Waals surface area contributed by atoms with E-state index < -0.39 is 11.6 Å². The van der Waals surface area contributed by atoms with Gasteiger partial charge in [0.1, 0.15) is 6.54 Å². The van der Waals surface area contributed by atoms with Crippen molar-refractivity contribution in [2.45, 2.75) is 19.5 Å². The summed E-state index contributed by atoms with van der Waals surface area (Å²) in [6, 6.07) is 16.3. The number of primary amides is 1. The fraction of sp³-hybridized carbons (Fsp3) is 0.167. The second-order valence-electron chi connectivity index (χ2n) is 5.54. The van der Waals surface area contributed by atoms with Gasteiger partial charge in [0.25, 0.3) is 5.56 Å². The number of aromatic nitrogens is 2. The van der Waals surface area contributed by atoms with Gasteiger partial charge < -0.3 is 5.73 Å². The molecule has 0 saturated carbocycles. The number of fused-ring (bicyclic) bond motifs is 1. The normalized spacial score (nSPS) is 10.8. The number of carbonyl (C=O) groups is 1. The van der Waals surface area contributed by atoms with E-state index in [1.54, 1.807) is 24.3 Å². The molecule has 0 atom stereocenters. The Kier molecular flexibility index (Phi) is 4.29. The van der Waals surface area contributed by atoms with Crippen LogP contribution in [-0.2, 0) is 24.3 Å². The molecule has 0 bridgehead atoms. The number of nitrogens with two attached hydrogens (primary N) is 1. The lowest BCUT2D eigenvalue weighted by Crippen LogP contribution is -2.42. The fourth-order valence-corrected chi connectivity index (χ4v) is 2.76. The lowest BCUT2D eigenvalue weighted by atomic mass is 10.1. The molecule has 3 rings (SSSR count). The Labute approximate surface area is 137 Å². The van der Waals surface area contributed by atoms with Gasteiger partial charge in [0.2, 0.25) is 5.91 Å². The Morgan fingerprint density at radius 3 is 2.29 bits per heavy atom. The van der Waals surface area contributed by atoms with Crippen LogP contribution >= 0.6 is 0 Å². The molecule has 0 aliphatic heterocycles. The Balaban J connectivity index is 2.12. The van der Waals surface area contributed by atoms with Gasteiger partial charge in [-0.1, -0.05) is 42.5 Å². The van der Waals surface area contributed by atoms with Crippen LogP contribution in [0.15, 0.2) is 64.2 Å². The molecule has 122 valence electrons. The van der Waals surface area contributed by atoms with E-state index in [2.05, 4.69) is 0 Å². The van der Waals surface area contributed by atoms with E-state index in [9.17, 15) is 14.4 Å². The Bertz CT molecular complexity index is 1000. The van der Waals surface area contributed by atoms with Gasteiger partial charge in [-0.15, -0.1) is 0 Å². The smallest absolute Gasteiger partial charge is 0.331 e. The zero-order chi connectivity index (χ0) is 17.1. The standard InChI is InChI=1S/C18H17N3O3/c19-16(22)12-21-15-9-5-4-8-14(15)17(23)20(18(21)24)11-10-13-6-2-1-3-7-13/h1-9H,10-12H2,(H2,19,22). The summed E-state index contributed by atoms with van der Waals surface area (Å²) < 4.78 is 2.42. The molecular weight excluding hydrogens is 306 g/mol. The van der Waals surface area contributed by atoms with Crippen LogP contribution in [0.4, 0.5) is 0 Å². The first-order valence-electron chi connectivity index (χ1n) is 7.62. The molecule has 0 aliphatic carbocycles. The maximum absolute atomic E-state index is 12.7. The van der Waals surface area contributed by atoms with E-state index in [0.29, 0.717) is 17.3 Å². The molecule has 0 radical (unpaired) electrons. The minimum Gasteiger partial charge on any atom is -0.368 e. The van der Waals surface area contributed by atoms with Gasteiger partial charge in [-0.2, -0.15) is 0 Å². The predicted molar refractivity (Wildman–Crippen MR) is 91.8 cm³/mol. The molecule has 0 saturated heterocycles. The van der Waals surface area contributed by atoms with Crippen LogP contribution in [0.25, 0.3) is 10.9 Å². The summed E-state index contributed by atoms with van der Waals surface area (Å²) in [5, 5.41) is 0.395. The van der Waals surface area contributed by atoms with Crippen LogP contribution in [0.3, 0.4) is 0 Å². The summed E-state index contributed by atoms with van der Waals surface area (Å²) in [5.41, 5.74) is 5.82. The number of rotatable bonds is 5. The molecule has 0 spiro atoms.